The second-order valence-electron chi connectivity index (χ2n) is 2.91. The van der Waals surface area contributed by atoms with E-state index in [4.69, 9.17) is 7.85 Å². The molecule has 0 aliphatic carbocycles. The maximum atomic E-state index is 5.84. The number of likely N-dealkylation sites (tertiary alicyclic amines) is 1. The summed E-state index contributed by atoms with van der Waals surface area (Å²) in [6.07, 6.45) is 2.37. The molecular weight excluding hydrogens is 109 g/mol. The molecule has 1 rings (SSSR count). The van der Waals surface area contributed by atoms with E-state index in [1.165, 1.54) is 19.4 Å². The average molecular weight is 123 g/mol. The molecule has 0 N–H and O–H groups in total. The molecule has 2 atom stereocenters. The van der Waals surface area contributed by atoms with Gasteiger partial charge in [0, 0.05) is 6.04 Å². The molecule has 1 unspecified atom stereocenters. The summed E-state index contributed by atoms with van der Waals surface area (Å²) in [7, 11) is 7.99. The lowest BCUT2D eigenvalue weighted by atomic mass is 9.80. The first-order chi connectivity index (χ1) is 4.25. The fourth-order valence-electron chi connectivity index (χ4n) is 1.65. The lowest BCUT2D eigenvalue weighted by Crippen LogP contribution is -2.26. The van der Waals surface area contributed by atoms with Crippen LogP contribution in [0.1, 0.15) is 19.8 Å². The van der Waals surface area contributed by atoms with E-state index in [2.05, 4.69) is 18.9 Å². The van der Waals surface area contributed by atoms with Gasteiger partial charge in [-0.15, -0.1) is 0 Å². The summed E-state index contributed by atoms with van der Waals surface area (Å²) in [5.41, 5.74) is 0. The van der Waals surface area contributed by atoms with Gasteiger partial charge in [0.05, 0.1) is 7.85 Å². The predicted octanol–water partition coefficient (Wildman–Crippen LogP) is 1.06. The van der Waals surface area contributed by atoms with Crippen molar-refractivity contribution in [3.63, 3.8) is 0 Å². The molecule has 0 bridgehead atoms. The summed E-state index contributed by atoms with van der Waals surface area (Å²) in [5, 5.41) is 0. The molecule has 0 aromatic carbocycles. The molecule has 0 spiro atoms. The third-order valence-corrected chi connectivity index (χ3v) is 2.29. The SMILES string of the molecule is [B][C@@H]1CCN(C)C1CC. The van der Waals surface area contributed by atoms with E-state index >= 15 is 0 Å². The highest BCUT2D eigenvalue weighted by Crippen LogP contribution is 2.26. The molecule has 0 aromatic heterocycles. The fraction of sp³-hybridized carbons (Fsp3) is 1.00. The molecule has 0 saturated carbocycles. The first-order valence-corrected chi connectivity index (χ1v) is 3.71. The Bertz CT molecular complexity index is 84.9. The summed E-state index contributed by atoms with van der Waals surface area (Å²) < 4.78 is 0. The average Bonchev–Trinajstić information content (AvgIpc) is 2.12. The van der Waals surface area contributed by atoms with Crippen LogP contribution in [0.25, 0.3) is 0 Å². The molecule has 9 heavy (non-hydrogen) atoms. The van der Waals surface area contributed by atoms with Crippen molar-refractivity contribution in [3.8, 4) is 0 Å². The van der Waals surface area contributed by atoms with Gasteiger partial charge in [-0.1, -0.05) is 12.7 Å². The van der Waals surface area contributed by atoms with Gasteiger partial charge in [-0.3, -0.25) is 0 Å². The molecule has 2 radical (unpaired) electrons. The Morgan fingerprint density at radius 3 is 2.56 bits per heavy atom. The third-order valence-electron chi connectivity index (χ3n) is 2.29. The monoisotopic (exact) mass is 123 g/mol. The largest absolute Gasteiger partial charge is 0.304 e. The van der Waals surface area contributed by atoms with E-state index in [0.717, 1.165) is 0 Å². The Labute approximate surface area is 58.8 Å². The number of rotatable bonds is 1. The Morgan fingerprint density at radius 2 is 2.33 bits per heavy atom. The number of nitrogens with zero attached hydrogens (tertiary/aromatic N) is 1. The van der Waals surface area contributed by atoms with Crippen LogP contribution in [-0.2, 0) is 0 Å². The van der Waals surface area contributed by atoms with Crippen LogP contribution in [0.2, 0.25) is 5.82 Å². The molecule has 1 saturated heterocycles. The molecule has 1 aliphatic rings. The van der Waals surface area contributed by atoms with E-state index < -0.39 is 0 Å². The molecule has 1 fully saturated rings. The van der Waals surface area contributed by atoms with Crippen LogP contribution in [0.15, 0.2) is 0 Å². The van der Waals surface area contributed by atoms with E-state index in [0.29, 0.717) is 11.9 Å². The third kappa shape index (κ3) is 1.29. The van der Waals surface area contributed by atoms with Crippen molar-refractivity contribution in [1.82, 2.24) is 4.90 Å². The molecular formula is C7H14BN. The zero-order valence-electron chi connectivity index (χ0n) is 6.30. The molecule has 1 heterocycles. The van der Waals surface area contributed by atoms with Crippen LogP contribution in [0.5, 0.6) is 0 Å². The summed E-state index contributed by atoms with van der Waals surface area (Å²) >= 11 is 0. The maximum Gasteiger partial charge on any atom is 0.0721 e. The Balaban J connectivity index is 2.44. The molecule has 0 aromatic rings. The fourth-order valence-corrected chi connectivity index (χ4v) is 1.65. The van der Waals surface area contributed by atoms with Crippen LogP contribution in [-0.4, -0.2) is 32.4 Å². The van der Waals surface area contributed by atoms with Gasteiger partial charge in [-0.05, 0) is 26.4 Å². The summed E-state index contributed by atoms with van der Waals surface area (Å²) in [6.45, 7) is 3.38. The highest BCUT2D eigenvalue weighted by atomic mass is 15.1. The van der Waals surface area contributed by atoms with E-state index in [-0.39, 0.29) is 0 Å². The Kier molecular flexibility index (Phi) is 2.17. The lowest BCUT2D eigenvalue weighted by Gasteiger charge is -2.20. The summed E-state index contributed by atoms with van der Waals surface area (Å²) in [5.74, 6) is 0.431. The van der Waals surface area contributed by atoms with Gasteiger partial charge in [-0.25, -0.2) is 0 Å². The Hall–Kier alpha value is 0.0249. The predicted molar refractivity (Wildman–Crippen MR) is 40.8 cm³/mol. The second kappa shape index (κ2) is 2.74. The van der Waals surface area contributed by atoms with Crippen LogP contribution in [0, 0.1) is 0 Å². The standard InChI is InChI=1S/C7H14BN/c1-3-7-6(8)4-5-9(7)2/h6-7H,3-5H2,1-2H3/t6-,7?/m1/s1. The van der Waals surface area contributed by atoms with Gasteiger partial charge in [0.15, 0.2) is 0 Å². The van der Waals surface area contributed by atoms with Gasteiger partial charge in [-0.2, -0.15) is 0 Å². The van der Waals surface area contributed by atoms with Gasteiger partial charge in [0.25, 0.3) is 0 Å². The molecule has 2 heteroatoms. The van der Waals surface area contributed by atoms with E-state index in [9.17, 15) is 0 Å². The summed E-state index contributed by atoms with van der Waals surface area (Å²) in [4.78, 5) is 2.35. The minimum Gasteiger partial charge on any atom is -0.304 e. The van der Waals surface area contributed by atoms with Gasteiger partial charge in [0.2, 0.25) is 0 Å². The molecule has 1 nitrogen and oxygen atoms in total. The minimum atomic E-state index is 0.431. The van der Waals surface area contributed by atoms with Crippen molar-refractivity contribution in [2.45, 2.75) is 31.6 Å². The van der Waals surface area contributed by atoms with Crippen molar-refractivity contribution in [1.29, 1.82) is 0 Å². The van der Waals surface area contributed by atoms with E-state index in [1.54, 1.807) is 0 Å². The molecule has 50 valence electrons. The van der Waals surface area contributed by atoms with Crippen LogP contribution >= 0.6 is 0 Å². The number of hydrogen-bond acceptors (Lipinski definition) is 1. The van der Waals surface area contributed by atoms with Gasteiger partial charge >= 0.3 is 0 Å². The lowest BCUT2D eigenvalue weighted by molar-refractivity contribution is 0.304. The van der Waals surface area contributed by atoms with Crippen LogP contribution < -0.4 is 0 Å². The van der Waals surface area contributed by atoms with Gasteiger partial charge < -0.3 is 4.90 Å². The van der Waals surface area contributed by atoms with Crippen LogP contribution in [0.3, 0.4) is 0 Å². The smallest absolute Gasteiger partial charge is 0.0721 e. The zero-order chi connectivity index (χ0) is 6.85. The zero-order valence-corrected chi connectivity index (χ0v) is 6.30. The first-order valence-electron chi connectivity index (χ1n) is 3.71. The first kappa shape index (κ1) is 7.14. The normalized spacial score (nSPS) is 37.6. The van der Waals surface area contributed by atoms with Crippen molar-refractivity contribution in [2.75, 3.05) is 13.6 Å². The highest BCUT2D eigenvalue weighted by Gasteiger charge is 2.25. The van der Waals surface area contributed by atoms with Crippen molar-refractivity contribution >= 4 is 7.85 Å². The quantitative estimate of drug-likeness (QED) is 0.471. The molecule has 0 amide bonds. The van der Waals surface area contributed by atoms with Crippen molar-refractivity contribution in [2.24, 2.45) is 0 Å². The second-order valence-corrected chi connectivity index (χ2v) is 2.91. The van der Waals surface area contributed by atoms with Gasteiger partial charge in [0.1, 0.15) is 0 Å². The number of hydrogen-bond donors (Lipinski definition) is 0. The van der Waals surface area contributed by atoms with Crippen molar-refractivity contribution < 1.29 is 0 Å². The minimum absolute atomic E-state index is 0.431. The topological polar surface area (TPSA) is 3.24 Å². The van der Waals surface area contributed by atoms with Crippen molar-refractivity contribution in [3.05, 3.63) is 0 Å². The molecule has 1 aliphatic heterocycles. The highest BCUT2D eigenvalue weighted by molar-refractivity contribution is 6.12. The van der Waals surface area contributed by atoms with Crippen LogP contribution in [0.4, 0.5) is 0 Å². The summed E-state index contributed by atoms with van der Waals surface area (Å²) in [6, 6.07) is 0.644. The maximum absolute atomic E-state index is 5.84. The Morgan fingerprint density at radius 1 is 1.67 bits per heavy atom. The van der Waals surface area contributed by atoms with E-state index in [1.807, 2.05) is 0 Å².